The van der Waals surface area contributed by atoms with E-state index in [0.717, 1.165) is 16.1 Å². The molecule has 1 aromatic rings. The molecule has 1 unspecified atom stereocenters. The lowest BCUT2D eigenvalue weighted by atomic mass is 9.98. The summed E-state index contributed by atoms with van der Waals surface area (Å²) in [6.45, 7) is 6.72. The predicted octanol–water partition coefficient (Wildman–Crippen LogP) is 4.36. The number of nitrogens with zero attached hydrogens (tertiary/aromatic N) is 1. The maximum atomic E-state index is 5.95. The Morgan fingerprint density at radius 2 is 2.11 bits per heavy atom. The summed E-state index contributed by atoms with van der Waals surface area (Å²) < 4.78 is 1.13. The molecule has 2 N–H and O–H groups in total. The fourth-order valence-electron chi connectivity index (χ4n) is 2.74. The summed E-state index contributed by atoms with van der Waals surface area (Å²) in [4.78, 5) is 2.51. The minimum absolute atomic E-state index is 0.867. The van der Waals surface area contributed by atoms with Crippen LogP contribution in [0.4, 0.5) is 11.4 Å². The van der Waals surface area contributed by atoms with E-state index < -0.39 is 0 Å². The van der Waals surface area contributed by atoms with Crippen molar-refractivity contribution in [2.45, 2.75) is 39.5 Å². The molecule has 1 heterocycles. The standard InChI is InChI=1S/C15H23BrN2/c1-3-12-5-4-7-18(8-6-12)15-9-11(2)14(17)10-13(15)16/h9-10,12H,3-8,17H2,1-2H3. The third-order valence-corrected chi connectivity index (χ3v) is 4.74. The normalized spacial score (nSPS) is 20.8. The molecule has 1 aromatic carbocycles. The van der Waals surface area contributed by atoms with Gasteiger partial charge >= 0.3 is 0 Å². The van der Waals surface area contributed by atoms with Crippen LogP contribution in [0.25, 0.3) is 0 Å². The topological polar surface area (TPSA) is 29.3 Å². The quantitative estimate of drug-likeness (QED) is 0.823. The van der Waals surface area contributed by atoms with E-state index >= 15 is 0 Å². The summed E-state index contributed by atoms with van der Waals surface area (Å²) >= 11 is 3.65. The van der Waals surface area contributed by atoms with E-state index in [0.29, 0.717) is 0 Å². The lowest BCUT2D eigenvalue weighted by Gasteiger charge is -2.25. The van der Waals surface area contributed by atoms with Gasteiger partial charge in [0.25, 0.3) is 0 Å². The Bertz CT molecular complexity index is 417. The predicted molar refractivity (Wildman–Crippen MR) is 83.1 cm³/mol. The Hall–Kier alpha value is -0.700. The minimum atomic E-state index is 0.867. The fourth-order valence-corrected chi connectivity index (χ4v) is 3.35. The van der Waals surface area contributed by atoms with Crippen LogP contribution in [0.15, 0.2) is 16.6 Å². The Morgan fingerprint density at radius 3 is 2.83 bits per heavy atom. The zero-order chi connectivity index (χ0) is 13.1. The third kappa shape index (κ3) is 3.00. The first-order chi connectivity index (χ1) is 8.61. The highest BCUT2D eigenvalue weighted by Crippen LogP contribution is 2.33. The Morgan fingerprint density at radius 1 is 1.33 bits per heavy atom. The molecule has 1 atom stereocenters. The first-order valence-electron chi connectivity index (χ1n) is 6.92. The Labute approximate surface area is 119 Å². The maximum absolute atomic E-state index is 5.95. The number of rotatable bonds is 2. The summed E-state index contributed by atoms with van der Waals surface area (Å²) in [5, 5.41) is 0. The smallest absolute Gasteiger partial charge is 0.0514 e. The van der Waals surface area contributed by atoms with Crippen LogP contribution in [0.1, 0.15) is 38.2 Å². The fraction of sp³-hybridized carbons (Fsp3) is 0.600. The van der Waals surface area contributed by atoms with Crippen molar-refractivity contribution in [3.05, 3.63) is 22.2 Å². The molecule has 0 aromatic heterocycles. The van der Waals surface area contributed by atoms with Gasteiger partial charge in [0.05, 0.1) is 5.69 Å². The molecule has 0 spiro atoms. The molecule has 3 heteroatoms. The second kappa shape index (κ2) is 5.96. The van der Waals surface area contributed by atoms with E-state index in [1.807, 2.05) is 6.07 Å². The molecular weight excluding hydrogens is 288 g/mol. The Kier molecular flexibility index (Phi) is 4.55. The molecule has 0 radical (unpaired) electrons. The number of aryl methyl sites for hydroxylation is 1. The second-order valence-corrected chi connectivity index (χ2v) is 6.21. The van der Waals surface area contributed by atoms with Crippen LogP contribution in [0.2, 0.25) is 0 Å². The van der Waals surface area contributed by atoms with E-state index in [1.165, 1.54) is 50.0 Å². The van der Waals surface area contributed by atoms with Crippen molar-refractivity contribution >= 4 is 27.3 Å². The van der Waals surface area contributed by atoms with Crippen molar-refractivity contribution < 1.29 is 0 Å². The highest BCUT2D eigenvalue weighted by Gasteiger charge is 2.18. The van der Waals surface area contributed by atoms with Gasteiger partial charge in [0.15, 0.2) is 0 Å². The van der Waals surface area contributed by atoms with E-state index in [2.05, 4.69) is 40.7 Å². The van der Waals surface area contributed by atoms with Gasteiger partial charge in [-0.05, 0) is 65.7 Å². The van der Waals surface area contributed by atoms with Crippen LogP contribution < -0.4 is 10.6 Å². The number of halogens is 1. The second-order valence-electron chi connectivity index (χ2n) is 5.35. The van der Waals surface area contributed by atoms with Crippen LogP contribution in [0, 0.1) is 12.8 Å². The highest BCUT2D eigenvalue weighted by molar-refractivity contribution is 9.10. The van der Waals surface area contributed by atoms with E-state index in [4.69, 9.17) is 5.73 Å². The molecule has 0 saturated carbocycles. The highest BCUT2D eigenvalue weighted by atomic mass is 79.9. The van der Waals surface area contributed by atoms with Crippen LogP contribution in [-0.2, 0) is 0 Å². The third-order valence-electron chi connectivity index (χ3n) is 4.10. The summed E-state index contributed by atoms with van der Waals surface area (Å²) in [7, 11) is 0. The van der Waals surface area contributed by atoms with Crippen molar-refractivity contribution in [2.24, 2.45) is 5.92 Å². The van der Waals surface area contributed by atoms with Crippen LogP contribution in [0.3, 0.4) is 0 Å². The first-order valence-corrected chi connectivity index (χ1v) is 7.71. The number of hydrogen-bond acceptors (Lipinski definition) is 2. The molecular formula is C15H23BrN2. The van der Waals surface area contributed by atoms with Crippen molar-refractivity contribution in [1.82, 2.24) is 0 Å². The van der Waals surface area contributed by atoms with Crippen molar-refractivity contribution in [3.8, 4) is 0 Å². The van der Waals surface area contributed by atoms with Gasteiger partial charge < -0.3 is 10.6 Å². The van der Waals surface area contributed by atoms with Crippen LogP contribution in [-0.4, -0.2) is 13.1 Å². The molecule has 0 bridgehead atoms. The molecule has 18 heavy (non-hydrogen) atoms. The van der Waals surface area contributed by atoms with Gasteiger partial charge in [-0.15, -0.1) is 0 Å². The van der Waals surface area contributed by atoms with E-state index in [1.54, 1.807) is 0 Å². The van der Waals surface area contributed by atoms with E-state index in [-0.39, 0.29) is 0 Å². The number of nitrogens with two attached hydrogens (primary N) is 1. The van der Waals surface area contributed by atoms with Crippen LogP contribution in [0.5, 0.6) is 0 Å². The van der Waals surface area contributed by atoms with Crippen molar-refractivity contribution in [1.29, 1.82) is 0 Å². The number of hydrogen-bond donors (Lipinski definition) is 1. The number of benzene rings is 1. The molecule has 2 nitrogen and oxygen atoms in total. The van der Waals surface area contributed by atoms with Gasteiger partial charge in [0, 0.05) is 23.2 Å². The van der Waals surface area contributed by atoms with Gasteiger partial charge in [-0.2, -0.15) is 0 Å². The molecule has 1 fully saturated rings. The van der Waals surface area contributed by atoms with Gasteiger partial charge in [0.2, 0.25) is 0 Å². The molecule has 0 aliphatic carbocycles. The lowest BCUT2D eigenvalue weighted by molar-refractivity contribution is 0.459. The lowest BCUT2D eigenvalue weighted by Crippen LogP contribution is -2.24. The zero-order valence-corrected chi connectivity index (χ0v) is 13.0. The monoisotopic (exact) mass is 310 g/mol. The molecule has 2 rings (SSSR count). The number of anilines is 2. The maximum Gasteiger partial charge on any atom is 0.0514 e. The summed E-state index contributed by atoms with van der Waals surface area (Å²) in [5.41, 5.74) is 9.29. The SMILES string of the molecule is CCC1CCCN(c2cc(C)c(N)cc2Br)CC1. The van der Waals surface area contributed by atoms with Crippen molar-refractivity contribution in [2.75, 3.05) is 23.7 Å². The largest absolute Gasteiger partial charge is 0.398 e. The summed E-state index contributed by atoms with van der Waals surface area (Å²) in [6.07, 6.45) is 5.30. The number of nitrogen functional groups attached to an aromatic ring is 1. The first kappa shape index (κ1) is 13.7. The van der Waals surface area contributed by atoms with Crippen LogP contribution >= 0.6 is 15.9 Å². The van der Waals surface area contributed by atoms with Gasteiger partial charge in [-0.25, -0.2) is 0 Å². The van der Waals surface area contributed by atoms with Crippen molar-refractivity contribution in [3.63, 3.8) is 0 Å². The molecule has 1 aliphatic heterocycles. The molecule has 0 amide bonds. The summed E-state index contributed by atoms with van der Waals surface area (Å²) in [6, 6.07) is 4.25. The molecule has 1 saturated heterocycles. The zero-order valence-electron chi connectivity index (χ0n) is 11.4. The molecule has 100 valence electrons. The molecule has 1 aliphatic rings. The summed E-state index contributed by atoms with van der Waals surface area (Å²) in [5.74, 6) is 0.906. The van der Waals surface area contributed by atoms with E-state index in [9.17, 15) is 0 Å². The van der Waals surface area contributed by atoms with Gasteiger partial charge in [-0.3, -0.25) is 0 Å². The average Bonchev–Trinajstić information content (AvgIpc) is 2.59. The average molecular weight is 311 g/mol. The van der Waals surface area contributed by atoms with Gasteiger partial charge in [-0.1, -0.05) is 13.3 Å². The Balaban J connectivity index is 2.18. The minimum Gasteiger partial charge on any atom is -0.398 e. The van der Waals surface area contributed by atoms with Gasteiger partial charge in [0.1, 0.15) is 0 Å².